The maximum Gasteiger partial charge on any atom is 0.311 e. The molecule has 0 aromatic carbocycles. The highest BCUT2D eigenvalue weighted by molar-refractivity contribution is 5.75. The molecule has 0 amide bonds. The van der Waals surface area contributed by atoms with Crippen LogP contribution in [0.2, 0.25) is 0 Å². The van der Waals surface area contributed by atoms with E-state index >= 15 is 0 Å². The summed E-state index contributed by atoms with van der Waals surface area (Å²) in [6, 6.07) is 5.81. The van der Waals surface area contributed by atoms with Crippen molar-refractivity contribution in [3.8, 4) is 0 Å². The van der Waals surface area contributed by atoms with Gasteiger partial charge in [-0.15, -0.1) is 0 Å². The van der Waals surface area contributed by atoms with Gasteiger partial charge < -0.3 is 10.1 Å². The van der Waals surface area contributed by atoms with Gasteiger partial charge in [0.15, 0.2) is 0 Å². The number of nitrogens with one attached hydrogen (secondary N) is 1. The molecule has 0 spiro atoms. The van der Waals surface area contributed by atoms with E-state index in [1.807, 2.05) is 25.1 Å². The minimum absolute atomic E-state index is 0.134. The van der Waals surface area contributed by atoms with Gasteiger partial charge in [-0.25, -0.2) is 0 Å². The first-order valence-corrected chi connectivity index (χ1v) is 5.97. The molecule has 0 bridgehead atoms. The second kappa shape index (κ2) is 4.84. The highest BCUT2D eigenvalue weighted by atomic mass is 16.5. The zero-order valence-electron chi connectivity index (χ0n) is 10.3. The van der Waals surface area contributed by atoms with Crippen LogP contribution >= 0.6 is 0 Å². The SMILES string of the molecule is CCOC(=O)[C@@H]1CNC[C@@]1(C)c1ccccn1. The van der Waals surface area contributed by atoms with E-state index in [1.165, 1.54) is 0 Å². The van der Waals surface area contributed by atoms with E-state index in [0.29, 0.717) is 13.2 Å². The molecule has 1 aromatic rings. The van der Waals surface area contributed by atoms with Crippen LogP contribution in [0, 0.1) is 5.92 Å². The summed E-state index contributed by atoms with van der Waals surface area (Å²) in [5.74, 6) is -0.289. The lowest BCUT2D eigenvalue weighted by molar-refractivity contribution is -0.149. The second-order valence-electron chi connectivity index (χ2n) is 4.57. The third-order valence-electron chi connectivity index (χ3n) is 3.43. The zero-order chi connectivity index (χ0) is 12.3. The Labute approximate surface area is 101 Å². The molecule has 17 heavy (non-hydrogen) atoms. The van der Waals surface area contributed by atoms with E-state index in [2.05, 4.69) is 17.2 Å². The number of rotatable bonds is 3. The van der Waals surface area contributed by atoms with E-state index in [-0.39, 0.29) is 17.3 Å². The van der Waals surface area contributed by atoms with Crippen LogP contribution in [-0.4, -0.2) is 30.6 Å². The fourth-order valence-electron chi connectivity index (χ4n) is 2.38. The maximum atomic E-state index is 11.9. The van der Waals surface area contributed by atoms with Gasteiger partial charge >= 0.3 is 5.97 Å². The van der Waals surface area contributed by atoms with Crippen molar-refractivity contribution in [1.82, 2.24) is 10.3 Å². The summed E-state index contributed by atoms with van der Waals surface area (Å²) in [5.41, 5.74) is 0.677. The summed E-state index contributed by atoms with van der Waals surface area (Å²) >= 11 is 0. The number of hydrogen-bond acceptors (Lipinski definition) is 4. The number of hydrogen-bond donors (Lipinski definition) is 1. The van der Waals surface area contributed by atoms with Crippen molar-refractivity contribution in [3.63, 3.8) is 0 Å². The predicted molar refractivity (Wildman–Crippen MR) is 64.6 cm³/mol. The molecule has 0 saturated carbocycles. The van der Waals surface area contributed by atoms with Crippen LogP contribution in [0.1, 0.15) is 19.5 Å². The fourth-order valence-corrected chi connectivity index (χ4v) is 2.38. The third-order valence-corrected chi connectivity index (χ3v) is 3.43. The first kappa shape index (κ1) is 12.0. The molecular formula is C13H18N2O2. The third kappa shape index (κ3) is 2.17. The van der Waals surface area contributed by atoms with Crippen LogP contribution in [0.3, 0.4) is 0 Å². The maximum absolute atomic E-state index is 11.9. The highest BCUT2D eigenvalue weighted by Gasteiger charge is 2.46. The van der Waals surface area contributed by atoms with Crippen molar-refractivity contribution in [1.29, 1.82) is 0 Å². The van der Waals surface area contributed by atoms with Gasteiger partial charge in [0.25, 0.3) is 0 Å². The molecule has 1 fully saturated rings. The Hall–Kier alpha value is -1.42. The lowest BCUT2D eigenvalue weighted by Gasteiger charge is -2.28. The van der Waals surface area contributed by atoms with E-state index in [9.17, 15) is 4.79 Å². The predicted octanol–water partition coefficient (Wildman–Crippen LogP) is 1.12. The number of aromatic nitrogens is 1. The molecule has 4 nitrogen and oxygen atoms in total. The first-order valence-electron chi connectivity index (χ1n) is 5.97. The summed E-state index contributed by atoms with van der Waals surface area (Å²) in [7, 11) is 0. The molecule has 1 aromatic heterocycles. The van der Waals surface area contributed by atoms with Crippen molar-refractivity contribution in [3.05, 3.63) is 30.1 Å². The molecule has 4 heteroatoms. The molecule has 1 saturated heterocycles. The van der Waals surface area contributed by atoms with Gasteiger partial charge in [-0.05, 0) is 19.1 Å². The molecule has 1 aliphatic heterocycles. The Morgan fingerprint density at radius 1 is 1.65 bits per heavy atom. The fraction of sp³-hybridized carbons (Fsp3) is 0.538. The van der Waals surface area contributed by atoms with Gasteiger partial charge in [0, 0.05) is 30.4 Å². The molecule has 2 rings (SSSR count). The van der Waals surface area contributed by atoms with E-state index in [4.69, 9.17) is 4.74 Å². The Bertz CT molecular complexity index is 394. The van der Waals surface area contributed by atoms with Crippen LogP contribution < -0.4 is 5.32 Å². The topological polar surface area (TPSA) is 51.2 Å². The van der Waals surface area contributed by atoms with Gasteiger partial charge in [-0.3, -0.25) is 9.78 Å². The first-order chi connectivity index (χ1) is 8.18. The average Bonchev–Trinajstić information content (AvgIpc) is 2.74. The van der Waals surface area contributed by atoms with Gasteiger partial charge in [-0.2, -0.15) is 0 Å². The standard InChI is InChI=1S/C13H18N2O2/c1-3-17-12(16)10-8-14-9-13(10,2)11-6-4-5-7-15-11/h4-7,10,14H,3,8-9H2,1-2H3/t10-,13+/m0/s1. The van der Waals surface area contributed by atoms with Gasteiger partial charge in [0.05, 0.1) is 12.5 Å². The molecule has 2 atom stereocenters. The molecular weight excluding hydrogens is 216 g/mol. The number of carbonyl (C=O) groups excluding carboxylic acids is 1. The smallest absolute Gasteiger partial charge is 0.311 e. The molecule has 1 aliphatic rings. The molecule has 2 heterocycles. The summed E-state index contributed by atoms with van der Waals surface area (Å²) in [5, 5.41) is 3.26. The number of carbonyl (C=O) groups is 1. The van der Waals surface area contributed by atoms with E-state index < -0.39 is 0 Å². The van der Waals surface area contributed by atoms with Crippen molar-refractivity contribution in [2.45, 2.75) is 19.3 Å². The van der Waals surface area contributed by atoms with Crippen molar-refractivity contribution < 1.29 is 9.53 Å². The van der Waals surface area contributed by atoms with Crippen LogP contribution in [0.5, 0.6) is 0 Å². The monoisotopic (exact) mass is 234 g/mol. The highest BCUT2D eigenvalue weighted by Crippen LogP contribution is 2.34. The van der Waals surface area contributed by atoms with Gasteiger partial charge in [0.1, 0.15) is 0 Å². The minimum Gasteiger partial charge on any atom is -0.466 e. The Kier molecular flexibility index (Phi) is 3.43. The number of esters is 1. The summed E-state index contributed by atoms with van der Waals surface area (Å²) < 4.78 is 5.14. The lowest BCUT2D eigenvalue weighted by Crippen LogP contribution is -2.38. The Balaban J connectivity index is 2.26. The molecule has 0 unspecified atom stereocenters. The van der Waals surface area contributed by atoms with E-state index in [0.717, 1.165) is 12.2 Å². The normalized spacial score (nSPS) is 28.0. The molecule has 0 aliphatic carbocycles. The van der Waals surface area contributed by atoms with Crippen LogP contribution in [0.4, 0.5) is 0 Å². The van der Waals surface area contributed by atoms with Gasteiger partial charge in [0.2, 0.25) is 0 Å². The zero-order valence-corrected chi connectivity index (χ0v) is 10.3. The summed E-state index contributed by atoms with van der Waals surface area (Å²) in [6.45, 7) is 5.74. The molecule has 1 N–H and O–H groups in total. The number of pyridine rings is 1. The van der Waals surface area contributed by atoms with Crippen LogP contribution in [-0.2, 0) is 14.9 Å². The lowest BCUT2D eigenvalue weighted by atomic mass is 9.77. The summed E-state index contributed by atoms with van der Waals surface area (Å²) in [6.07, 6.45) is 1.76. The van der Waals surface area contributed by atoms with Crippen LogP contribution in [0.25, 0.3) is 0 Å². The quantitative estimate of drug-likeness (QED) is 0.796. The molecule has 92 valence electrons. The average molecular weight is 234 g/mol. The number of nitrogens with zero attached hydrogens (tertiary/aromatic N) is 1. The Morgan fingerprint density at radius 2 is 2.47 bits per heavy atom. The van der Waals surface area contributed by atoms with E-state index in [1.54, 1.807) is 6.20 Å². The second-order valence-corrected chi connectivity index (χ2v) is 4.57. The van der Waals surface area contributed by atoms with Crippen molar-refractivity contribution in [2.24, 2.45) is 5.92 Å². The van der Waals surface area contributed by atoms with Crippen LogP contribution in [0.15, 0.2) is 24.4 Å². The number of ether oxygens (including phenoxy) is 1. The minimum atomic E-state index is -0.270. The van der Waals surface area contributed by atoms with Crippen molar-refractivity contribution in [2.75, 3.05) is 19.7 Å². The summed E-state index contributed by atoms with van der Waals surface area (Å²) in [4.78, 5) is 16.3. The van der Waals surface area contributed by atoms with Gasteiger partial charge in [-0.1, -0.05) is 13.0 Å². The molecule has 0 radical (unpaired) electrons. The Morgan fingerprint density at radius 3 is 3.12 bits per heavy atom. The van der Waals surface area contributed by atoms with Crippen molar-refractivity contribution >= 4 is 5.97 Å². The largest absolute Gasteiger partial charge is 0.466 e.